The Kier molecular flexibility index (Phi) is 8.08. The molecule has 0 aliphatic carbocycles. The summed E-state index contributed by atoms with van der Waals surface area (Å²) < 4.78 is 4.48. The molecule has 0 unspecified atom stereocenters. The van der Waals surface area contributed by atoms with E-state index in [2.05, 4.69) is 10.8 Å². The van der Waals surface area contributed by atoms with Crippen LogP contribution in [0.4, 0.5) is 0 Å². The zero-order chi connectivity index (χ0) is 7.40. The van der Waals surface area contributed by atoms with Crippen molar-refractivity contribution >= 4 is 5.97 Å². The normalized spacial score (nSPS) is 7.42. The Morgan fingerprint density at radius 1 is 1.42 bits per heavy atom. The molecule has 0 fully saturated rings. The molecule has 0 bridgehead atoms. The van der Waals surface area contributed by atoms with Gasteiger partial charge < -0.3 is 12.2 Å². The maximum atomic E-state index is 10.8. The Hall–Kier alpha value is -0.687. The van der Waals surface area contributed by atoms with Gasteiger partial charge in [-0.1, -0.05) is 0 Å². The number of carbonyl (C=O) groups is 1. The van der Waals surface area contributed by atoms with E-state index in [1.807, 2.05) is 0 Å². The van der Waals surface area contributed by atoms with E-state index in [0.29, 0.717) is 5.56 Å². The van der Waals surface area contributed by atoms with E-state index >= 15 is 0 Å². The van der Waals surface area contributed by atoms with Crippen molar-refractivity contribution < 1.29 is 29.0 Å². The zero-order valence-electron chi connectivity index (χ0n) is 7.33. The van der Waals surface area contributed by atoms with Gasteiger partial charge in [0.2, 0.25) is 0 Å². The molecule has 0 aliphatic heterocycles. The number of carbonyl (C=O) groups excluding carboxylic acids is 1. The molecule has 60 valence electrons. The zero-order valence-corrected chi connectivity index (χ0v) is 10.3. The van der Waals surface area contributed by atoms with Crippen LogP contribution >= 0.6 is 0 Å². The molecule has 0 aliphatic rings. The quantitative estimate of drug-likeness (QED) is 0.405. The summed E-state index contributed by atoms with van der Waals surface area (Å²) in [6.45, 7) is 0. The van der Waals surface area contributed by atoms with Gasteiger partial charge >= 0.3 is 25.4 Å². The molecule has 0 spiro atoms. The number of ether oxygens (including phenoxy) is 1. The Morgan fingerprint density at radius 3 is 2.33 bits per heavy atom. The largest absolute Gasteiger partial charge is 2.00 e. The third kappa shape index (κ3) is 3.63. The standard InChI is InChI=1S/C8H7O2.CH3.Zn/c1-10-8(9)7-5-3-2-4-6-7;;/h3-6H,1H3;1H3;/q2*-1;+2. The van der Waals surface area contributed by atoms with Crippen LogP contribution in [0.25, 0.3) is 0 Å². The predicted octanol–water partition coefficient (Wildman–Crippen LogP) is 1.72. The van der Waals surface area contributed by atoms with Crippen LogP contribution in [0.5, 0.6) is 0 Å². The van der Waals surface area contributed by atoms with E-state index in [1.165, 1.54) is 7.11 Å². The van der Waals surface area contributed by atoms with Crippen molar-refractivity contribution in [1.82, 2.24) is 0 Å². The second kappa shape index (κ2) is 6.99. The Labute approximate surface area is 85.7 Å². The van der Waals surface area contributed by atoms with Crippen LogP contribution in [-0.4, -0.2) is 13.1 Å². The van der Waals surface area contributed by atoms with Crippen LogP contribution in [0, 0.1) is 13.5 Å². The van der Waals surface area contributed by atoms with Crippen molar-refractivity contribution in [1.29, 1.82) is 0 Å². The Balaban J connectivity index is 0. The predicted molar refractivity (Wildman–Crippen MR) is 43.0 cm³/mol. The van der Waals surface area contributed by atoms with E-state index in [4.69, 9.17) is 0 Å². The molecule has 0 amide bonds. The average Bonchev–Trinajstić information content (AvgIpc) is 2.05. The number of hydrogen-bond donors (Lipinski definition) is 0. The molecular formula is C9H10O2Zn. The Bertz CT molecular complexity index is 221. The molecule has 1 rings (SSSR count). The van der Waals surface area contributed by atoms with Gasteiger partial charge in [-0.15, -0.1) is 0 Å². The first-order valence-electron chi connectivity index (χ1n) is 2.89. The summed E-state index contributed by atoms with van der Waals surface area (Å²) in [5, 5.41) is 0. The van der Waals surface area contributed by atoms with Crippen LogP contribution in [0.1, 0.15) is 10.4 Å². The first kappa shape index (κ1) is 13.9. The molecule has 1 aromatic rings. The van der Waals surface area contributed by atoms with Gasteiger partial charge in [0.15, 0.2) is 0 Å². The minimum Gasteiger partial charge on any atom is -0.467 e. The maximum Gasteiger partial charge on any atom is 2.00 e. The summed E-state index contributed by atoms with van der Waals surface area (Å²) in [6.07, 6.45) is 0. The fraction of sp³-hybridized carbons (Fsp3) is 0.111. The third-order valence-electron chi connectivity index (χ3n) is 1.14. The minimum absolute atomic E-state index is 0. The number of methoxy groups -OCH3 is 1. The van der Waals surface area contributed by atoms with Gasteiger partial charge in [-0.2, -0.15) is 30.3 Å². The van der Waals surface area contributed by atoms with Crippen molar-refractivity contribution in [3.63, 3.8) is 0 Å². The van der Waals surface area contributed by atoms with Crippen molar-refractivity contribution in [2.75, 3.05) is 7.11 Å². The number of benzene rings is 1. The van der Waals surface area contributed by atoms with Gasteiger partial charge in [0, 0.05) is 0 Å². The number of rotatable bonds is 1. The van der Waals surface area contributed by atoms with Crippen LogP contribution in [0.2, 0.25) is 0 Å². The van der Waals surface area contributed by atoms with Gasteiger partial charge in [-0.3, -0.25) is 0 Å². The van der Waals surface area contributed by atoms with Gasteiger partial charge in [-0.05, 0) is 5.56 Å². The van der Waals surface area contributed by atoms with E-state index in [1.54, 1.807) is 24.3 Å². The smallest absolute Gasteiger partial charge is 0.467 e. The molecule has 0 N–H and O–H groups in total. The molecule has 2 nitrogen and oxygen atoms in total. The molecule has 0 saturated heterocycles. The number of hydrogen-bond acceptors (Lipinski definition) is 2. The molecule has 0 atom stereocenters. The Morgan fingerprint density at radius 2 is 1.92 bits per heavy atom. The summed E-state index contributed by atoms with van der Waals surface area (Å²) in [5.74, 6) is -0.311. The van der Waals surface area contributed by atoms with Crippen LogP contribution < -0.4 is 0 Å². The van der Waals surface area contributed by atoms with Crippen LogP contribution in [-0.2, 0) is 24.2 Å². The second-order valence-electron chi connectivity index (χ2n) is 1.78. The molecule has 0 aromatic heterocycles. The summed E-state index contributed by atoms with van der Waals surface area (Å²) in [7, 11) is 1.36. The van der Waals surface area contributed by atoms with Gasteiger partial charge in [0.25, 0.3) is 0 Å². The summed E-state index contributed by atoms with van der Waals surface area (Å²) in [5.41, 5.74) is 0.557. The molecule has 0 heterocycles. The average molecular weight is 216 g/mol. The summed E-state index contributed by atoms with van der Waals surface area (Å²) in [4.78, 5) is 10.8. The van der Waals surface area contributed by atoms with Crippen molar-refractivity contribution in [3.8, 4) is 0 Å². The fourth-order valence-corrected chi connectivity index (χ4v) is 0.641. The maximum absolute atomic E-state index is 10.8. The molecule has 3 heteroatoms. The first-order chi connectivity index (χ1) is 4.84. The summed E-state index contributed by atoms with van der Waals surface area (Å²) in [6, 6.07) is 9.47. The molecule has 0 radical (unpaired) electrons. The van der Waals surface area contributed by atoms with E-state index in [0.717, 1.165) is 0 Å². The fourth-order valence-electron chi connectivity index (χ4n) is 0.641. The van der Waals surface area contributed by atoms with E-state index < -0.39 is 0 Å². The molecule has 1 aromatic carbocycles. The van der Waals surface area contributed by atoms with E-state index in [-0.39, 0.29) is 32.9 Å². The number of esters is 1. The van der Waals surface area contributed by atoms with E-state index in [9.17, 15) is 4.79 Å². The van der Waals surface area contributed by atoms with Crippen molar-refractivity contribution in [2.24, 2.45) is 0 Å². The van der Waals surface area contributed by atoms with Crippen LogP contribution in [0.3, 0.4) is 0 Å². The first-order valence-corrected chi connectivity index (χ1v) is 2.89. The monoisotopic (exact) mass is 214 g/mol. The molecule has 0 saturated carbocycles. The summed E-state index contributed by atoms with van der Waals surface area (Å²) >= 11 is 0. The van der Waals surface area contributed by atoms with Crippen molar-refractivity contribution in [2.45, 2.75) is 0 Å². The third-order valence-corrected chi connectivity index (χ3v) is 1.14. The SMILES string of the molecule is COC(=O)c1cc[c-]cc1.[CH3-].[Zn+2]. The topological polar surface area (TPSA) is 26.3 Å². The minimum atomic E-state index is -0.311. The molecule has 12 heavy (non-hydrogen) atoms. The van der Waals surface area contributed by atoms with Gasteiger partial charge in [0.05, 0.1) is 7.11 Å². The molecular weight excluding hydrogens is 205 g/mol. The second-order valence-corrected chi connectivity index (χ2v) is 1.78. The van der Waals surface area contributed by atoms with Crippen LogP contribution in [0.15, 0.2) is 24.3 Å². The van der Waals surface area contributed by atoms with Gasteiger partial charge in [0.1, 0.15) is 0 Å². The van der Waals surface area contributed by atoms with Crippen molar-refractivity contribution in [3.05, 3.63) is 43.3 Å². The van der Waals surface area contributed by atoms with Gasteiger partial charge in [-0.25, -0.2) is 4.79 Å².